The van der Waals surface area contributed by atoms with E-state index in [-0.39, 0.29) is 5.91 Å². The molecule has 26 heavy (non-hydrogen) atoms. The predicted octanol–water partition coefficient (Wildman–Crippen LogP) is 2.70. The first-order valence-electron chi connectivity index (χ1n) is 9.72. The number of rotatable bonds is 5. The van der Waals surface area contributed by atoms with Crippen molar-refractivity contribution in [1.29, 1.82) is 0 Å². The minimum Gasteiger partial charge on any atom is -0.338 e. The monoisotopic (exact) mass is 352 g/mol. The molecule has 1 aromatic heterocycles. The van der Waals surface area contributed by atoms with Crippen molar-refractivity contribution in [3.05, 3.63) is 53.9 Å². The molecule has 0 radical (unpaired) electrons. The average molecular weight is 352 g/mol. The molecule has 0 aliphatic carbocycles. The van der Waals surface area contributed by atoms with Crippen LogP contribution in [0.25, 0.3) is 0 Å². The fourth-order valence-electron chi connectivity index (χ4n) is 4.40. The van der Waals surface area contributed by atoms with Crippen LogP contribution in [0.15, 0.2) is 42.7 Å². The van der Waals surface area contributed by atoms with E-state index in [1.807, 2.05) is 24.0 Å². The molecule has 2 atom stereocenters. The maximum absolute atomic E-state index is 12.9. The topological polar surface area (TPSA) is 41.4 Å². The molecular weight excluding hydrogens is 324 g/mol. The Morgan fingerprint density at radius 3 is 2.77 bits per heavy atom. The van der Waals surface area contributed by atoms with Gasteiger partial charge in [-0.3, -0.25) is 14.4 Å². The summed E-state index contributed by atoms with van der Waals surface area (Å²) in [4.78, 5) is 17.6. The maximum Gasteiger partial charge on any atom is 0.224 e. The van der Waals surface area contributed by atoms with Crippen LogP contribution in [-0.4, -0.2) is 51.2 Å². The zero-order valence-corrected chi connectivity index (χ0v) is 15.6. The van der Waals surface area contributed by atoms with Gasteiger partial charge < -0.3 is 4.90 Å². The van der Waals surface area contributed by atoms with Gasteiger partial charge in [0.15, 0.2) is 0 Å². The van der Waals surface area contributed by atoms with Gasteiger partial charge in [-0.05, 0) is 36.8 Å². The minimum atomic E-state index is 0.286. The highest BCUT2D eigenvalue weighted by Gasteiger charge is 2.36. The average Bonchev–Trinajstić information content (AvgIpc) is 2.87. The van der Waals surface area contributed by atoms with Crippen LogP contribution in [0, 0.1) is 12.8 Å². The molecule has 4 heterocycles. The summed E-state index contributed by atoms with van der Waals surface area (Å²) in [7, 11) is 0. The largest absolute Gasteiger partial charge is 0.338 e. The molecule has 2 bridgehead atoms. The lowest BCUT2D eigenvalue weighted by atomic mass is 9.94. The number of fused-ring (bicyclic) bond motifs is 4. The lowest BCUT2D eigenvalue weighted by Crippen LogP contribution is -2.47. The summed E-state index contributed by atoms with van der Waals surface area (Å²) < 4.78 is 1.88. The van der Waals surface area contributed by atoms with Gasteiger partial charge in [-0.25, -0.2) is 0 Å². The summed E-state index contributed by atoms with van der Waals surface area (Å²) in [5.74, 6) is 0.891. The van der Waals surface area contributed by atoms with Gasteiger partial charge in [-0.2, -0.15) is 5.10 Å². The number of hydrogen-bond donors (Lipinski definition) is 0. The van der Waals surface area contributed by atoms with E-state index in [4.69, 9.17) is 0 Å². The number of piperidine rings is 1. The number of aryl methyl sites for hydroxylation is 2. The van der Waals surface area contributed by atoms with Crippen molar-refractivity contribution in [1.82, 2.24) is 19.6 Å². The summed E-state index contributed by atoms with van der Waals surface area (Å²) in [6, 6.07) is 11.0. The molecule has 0 saturated carbocycles. The van der Waals surface area contributed by atoms with Gasteiger partial charge in [0.2, 0.25) is 5.91 Å². The summed E-state index contributed by atoms with van der Waals surface area (Å²) in [5, 5.41) is 4.30. The van der Waals surface area contributed by atoms with E-state index in [2.05, 4.69) is 45.2 Å². The van der Waals surface area contributed by atoms with Crippen LogP contribution in [0.2, 0.25) is 0 Å². The lowest BCUT2D eigenvalue weighted by Gasteiger charge is -2.36. The molecule has 5 nitrogen and oxygen atoms in total. The van der Waals surface area contributed by atoms with Gasteiger partial charge in [-0.1, -0.05) is 30.3 Å². The van der Waals surface area contributed by atoms with Crippen molar-refractivity contribution < 1.29 is 4.79 Å². The highest BCUT2D eigenvalue weighted by molar-refractivity contribution is 5.76. The second-order valence-electron chi connectivity index (χ2n) is 7.85. The Labute approximate surface area is 155 Å². The molecule has 5 rings (SSSR count). The minimum absolute atomic E-state index is 0.286. The molecule has 3 saturated heterocycles. The summed E-state index contributed by atoms with van der Waals surface area (Å²) >= 11 is 0. The first-order chi connectivity index (χ1) is 12.7. The quantitative estimate of drug-likeness (QED) is 0.831. The molecule has 3 aliphatic heterocycles. The third-order valence-corrected chi connectivity index (χ3v) is 5.68. The van der Waals surface area contributed by atoms with Gasteiger partial charge in [0, 0.05) is 51.4 Å². The van der Waals surface area contributed by atoms with Crippen LogP contribution < -0.4 is 0 Å². The molecule has 0 N–H and O–H groups in total. The van der Waals surface area contributed by atoms with Crippen LogP contribution >= 0.6 is 0 Å². The standard InChI is InChI=1S/C21H28N4O/c1-17-11-22-24(12-17)10-9-21(26)25-15-19-7-8-20(25)16-23(14-19)13-18-5-3-2-4-6-18/h2-6,11-12,19-20H,7-10,13-16H2,1H3/t19-,20+/m1/s1. The van der Waals surface area contributed by atoms with Crippen LogP contribution in [0.4, 0.5) is 0 Å². The Bertz CT molecular complexity index is 741. The fourth-order valence-corrected chi connectivity index (χ4v) is 4.40. The van der Waals surface area contributed by atoms with E-state index in [1.165, 1.54) is 12.0 Å². The maximum atomic E-state index is 12.9. The number of aromatic nitrogens is 2. The van der Waals surface area contributed by atoms with E-state index < -0.39 is 0 Å². The predicted molar refractivity (Wildman–Crippen MR) is 102 cm³/mol. The number of carbonyl (C=O) groups is 1. The molecule has 2 aromatic rings. The second-order valence-corrected chi connectivity index (χ2v) is 7.85. The molecule has 3 aliphatic rings. The third kappa shape index (κ3) is 3.98. The van der Waals surface area contributed by atoms with Gasteiger partial charge in [-0.15, -0.1) is 0 Å². The van der Waals surface area contributed by atoms with Crippen molar-refractivity contribution in [2.24, 2.45) is 5.92 Å². The zero-order chi connectivity index (χ0) is 17.9. The molecule has 1 aromatic carbocycles. The number of carbonyl (C=O) groups excluding carboxylic acids is 1. The van der Waals surface area contributed by atoms with Crippen molar-refractivity contribution in [2.75, 3.05) is 19.6 Å². The van der Waals surface area contributed by atoms with Crippen molar-refractivity contribution in [2.45, 2.75) is 45.3 Å². The number of benzene rings is 1. The molecule has 1 amide bonds. The van der Waals surface area contributed by atoms with Crippen molar-refractivity contribution in [3.63, 3.8) is 0 Å². The van der Waals surface area contributed by atoms with E-state index in [9.17, 15) is 4.79 Å². The van der Waals surface area contributed by atoms with Crippen LogP contribution in [0.3, 0.4) is 0 Å². The lowest BCUT2D eigenvalue weighted by molar-refractivity contribution is -0.135. The first-order valence-corrected chi connectivity index (χ1v) is 9.72. The number of nitrogens with zero attached hydrogens (tertiary/aromatic N) is 4. The third-order valence-electron chi connectivity index (χ3n) is 5.68. The van der Waals surface area contributed by atoms with Gasteiger partial charge in [0.25, 0.3) is 0 Å². The summed E-state index contributed by atoms with van der Waals surface area (Å²) in [5.41, 5.74) is 2.50. The summed E-state index contributed by atoms with van der Waals surface area (Å²) in [6.07, 6.45) is 6.78. The Balaban J connectivity index is 1.37. The second kappa shape index (κ2) is 7.62. The Morgan fingerprint density at radius 2 is 2.00 bits per heavy atom. The Morgan fingerprint density at radius 1 is 1.15 bits per heavy atom. The zero-order valence-electron chi connectivity index (χ0n) is 15.6. The summed E-state index contributed by atoms with van der Waals surface area (Å²) in [6.45, 7) is 6.72. The van der Waals surface area contributed by atoms with Crippen molar-refractivity contribution >= 4 is 5.91 Å². The normalized spacial score (nSPS) is 23.2. The highest BCUT2D eigenvalue weighted by atomic mass is 16.2. The molecular formula is C21H28N4O. The van der Waals surface area contributed by atoms with E-state index in [0.717, 1.165) is 38.2 Å². The van der Waals surface area contributed by atoms with Crippen LogP contribution in [0.1, 0.15) is 30.4 Å². The van der Waals surface area contributed by atoms with Crippen LogP contribution in [0.5, 0.6) is 0 Å². The van der Waals surface area contributed by atoms with Crippen LogP contribution in [-0.2, 0) is 17.9 Å². The molecule has 3 fully saturated rings. The SMILES string of the molecule is Cc1cnn(CCC(=O)N2C[C@@H]3CC[C@H]2CN(Cc2ccccc2)C3)c1. The fraction of sp³-hybridized carbons (Fsp3) is 0.524. The Kier molecular flexibility index (Phi) is 5.07. The van der Waals surface area contributed by atoms with Gasteiger partial charge >= 0.3 is 0 Å². The number of amides is 1. The van der Waals surface area contributed by atoms with Crippen molar-refractivity contribution in [3.8, 4) is 0 Å². The van der Waals surface area contributed by atoms with E-state index >= 15 is 0 Å². The highest BCUT2D eigenvalue weighted by Crippen LogP contribution is 2.29. The molecule has 5 heteroatoms. The van der Waals surface area contributed by atoms with E-state index in [1.54, 1.807) is 0 Å². The molecule has 138 valence electrons. The smallest absolute Gasteiger partial charge is 0.224 e. The molecule has 0 spiro atoms. The number of hydrogen-bond acceptors (Lipinski definition) is 3. The first kappa shape index (κ1) is 17.3. The molecule has 0 unspecified atom stereocenters. The van der Waals surface area contributed by atoms with Gasteiger partial charge in [0.1, 0.15) is 0 Å². The Hall–Kier alpha value is -2.14. The van der Waals surface area contributed by atoms with E-state index in [0.29, 0.717) is 24.9 Å². The van der Waals surface area contributed by atoms with Gasteiger partial charge in [0.05, 0.1) is 6.20 Å².